The van der Waals surface area contributed by atoms with Crippen LogP contribution in [0.1, 0.15) is 6.92 Å². The van der Waals surface area contributed by atoms with Gasteiger partial charge in [-0.2, -0.15) is 0 Å². The van der Waals surface area contributed by atoms with E-state index in [1.807, 2.05) is 19.6 Å². The quantitative estimate of drug-likeness (QED) is 0.491. The molecule has 0 radical (unpaired) electrons. The topological polar surface area (TPSA) is 26.3 Å². The summed E-state index contributed by atoms with van der Waals surface area (Å²) in [6.45, 7) is 7.73. The van der Waals surface area contributed by atoms with Gasteiger partial charge < -0.3 is 4.43 Å². The molecule has 0 aliphatic rings. The Morgan fingerprint density at radius 3 is 2.00 bits per heavy atom. The van der Waals surface area contributed by atoms with Crippen molar-refractivity contribution in [2.75, 3.05) is 0 Å². The Bertz CT molecular complexity index is 130. The molecule has 0 rings (SSSR count). The highest BCUT2D eigenvalue weighted by atomic mass is 35.5. The van der Waals surface area contributed by atoms with Crippen LogP contribution in [0.3, 0.4) is 0 Å². The molecule has 0 unspecified atom stereocenters. The molecule has 0 fully saturated rings. The minimum Gasteiger partial charge on any atom is -0.407 e. The molecule has 0 N–H and O–H groups in total. The van der Waals surface area contributed by atoms with Crippen molar-refractivity contribution in [3.05, 3.63) is 0 Å². The molecule has 0 spiro atoms. The van der Waals surface area contributed by atoms with Crippen LogP contribution in [0.4, 0.5) is 0 Å². The lowest BCUT2D eigenvalue weighted by Crippen LogP contribution is -2.33. The molecule has 0 aliphatic heterocycles. The fourth-order valence-electron chi connectivity index (χ4n) is 0.577. The minimum atomic E-state index is -1.59. The summed E-state index contributed by atoms with van der Waals surface area (Å²) >= 11 is 5.19. The molecule has 0 heterocycles. The predicted octanol–water partition coefficient (Wildman–Crippen LogP) is 1.99. The first kappa shape index (κ1) is 10.1. The second-order valence-corrected chi connectivity index (χ2v) is 8.01. The Morgan fingerprint density at radius 2 is 1.90 bits per heavy atom. The zero-order chi connectivity index (χ0) is 8.36. The Morgan fingerprint density at radius 1 is 1.50 bits per heavy atom. The molecule has 0 amide bonds. The van der Waals surface area contributed by atoms with Gasteiger partial charge in [0.1, 0.15) is 6.10 Å². The van der Waals surface area contributed by atoms with Crippen LogP contribution in [0.15, 0.2) is 0 Å². The second kappa shape index (κ2) is 3.51. The molecule has 0 aromatic rings. The molecule has 0 aliphatic carbocycles. The van der Waals surface area contributed by atoms with E-state index in [9.17, 15) is 4.79 Å². The highest BCUT2D eigenvalue weighted by Crippen LogP contribution is 2.08. The molecular formula is C6H13ClO2Si. The van der Waals surface area contributed by atoms with Gasteiger partial charge in [-0.15, -0.1) is 0 Å². The number of hydrogen-bond donors (Lipinski definition) is 0. The predicted molar refractivity (Wildman–Crippen MR) is 44.8 cm³/mol. The van der Waals surface area contributed by atoms with E-state index in [2.05, 4.69) is 0 Å². The number of carbonyl (C=O) groups excluding carboxylic acids is 1. The molecule has 0 aromatic carbocycles. The van der Waals surface area contributed by atoms with Crippen LogP contribution >= 0.6 is 11.6 Å². The van der Waals surface area contributed by atoms with Gasteiger partial charge >= 0.3 is 0 Å². The van der Waals surface area contributed by atoms with Crippen molar-refractivity contribution in [2.24, 2.45) is 0 Å². The summed E-state index contributed by atoms with van der Waals surface area (Å²) in [6.07, 6.45) is -0.451. The third kappa shape index (κ3) is 4.96. The van der Waals surface area contributed by atoms with Crippen molar-refractivity contribution in [1.29, 1.82) is 0 Å². The summed E-state index contributed by atoms with van der Waals surface area (Å²) in [4.78, 5) is 10.5. The molecule has 0 bridgehead atoms. The first-order valence-electron chi connectivity index (χ1n) is 3.20. The third-order valence-electron chi connectivity index (χ3n) is 0.850. The lowest BCUT2D eigenvalue weighted by Gasteiger charge is -2.20. The van der Waals surface area contributed by atoms with E-state index in [-0.39, 0.29) is 0 Å². The summed E-state index contributed by atoms with van der Waals surface area (Å²) in [5, 5.41) is -0.414. The maximum Gasteiger partial charge on any atom is 0.248 e. The van der Waals surface area contributed by atoms with Gasteiger partial charge in [-0.05, 0) is 38.2 Å². The average molecular weight is 181 g/mol. The molecule has 1 atom stereocenters. The standard InChI is InChI=1S/C6H13ClO2Si/c1-5(6(7)8)9-10(2,3)4/h5H,1-4H3/t5-/m0/s1. The number of hydrogen-bond acceptors (Lipinski definition) is 2. The van der Waals surface area contributed by atoms with Crippen LogP contribution < -0.4 is 0 Å². The Balaban J connectivity index is 3.80. The summed E-state index contributed by atoms with van der Waals surface area (Å²) in [5.41, 5.74) is 0. The molecule has 0 saturated carbocycles. The zero-order valence-electron chi connectivity index (χ0n) is 6.77. The van der Waals surface area contributed by atoms with Crippen molar-refractivity contribution in [2.45, 2.75) is 32.7 Å². The van der Waals surface area contributed by atoms with Crippen LogP contribution in [0.25, 0.3) is 0 Å². The smallest absolute Gasteiger partial charge is 0.248 e. The van der Waals surface area contributed by atoms with E-state index in [4.69, 9.17) is 16.0 Å². The van der Waals surface area contributed by atoms with E-state index >= 15 is 0 Å². The fourth-order valence-corrected chi connectivity index (χ4v) is 1.86. The van der Waals surface area contributed by atoms with E-state index < -0.39 is 19.7 Å². The molecule has 60 valence electrons. The number of rotatable bonds is 3. The van der Waals surface area contributed by atoms with Gasteiger partial charge in [0.25, 0.3) is 0 Å². The molecule has 0 aromatic heterocycles. The van der Waals surface area contributed by atoms with E-state index in [0.29, 0.717) is 0 Å². The summed E-state index contributed by atoms with van der Waals surface area (Å²) in [6, 6.07) is 0. The first-order valence-corrected chi connectivity index (χ1v) is 6.99. The van der Waals surface area contributed by atoms with E-state index in [0.717, 1.165) is 0 Å². The SMILES string of the molecule is C[C@H](O[Si](C)(C)C)C(=O)Cl. The monoisotopic (exact) mass is 180 g/mol. The maximum atomic E-state index is 10.5. The average Bonchev–Trinajstić information content (AvgIpc) is 1.60. The summed E-state index contributed by atoms with van der Waals surface area (Å²) < 4.78 is 5.36. The largest absolute Gasteiger partial charge is 0.407 e. The van der Waals surface area contributed by atoms with Gasteiger partial charge in [0.2, 0.25) is 5.24 Å². The van der Waals surface area contributed by atoms with Crippen LogP contribution in [0.5, 0.6) is 0 Å². The highest BCUT2D eigenvalue weighted by Gasteiger charge is 2.21. The van der Waals surface area contributed by atoms with Gasteiger partial charge in [0.15, 0.2) is 8.32 Å². The van der Waals surface area contributed by atoms with E-state index in [1.165, 1.54) is 0 Å². The van der Waals surface area contributed by atoms with Crippen molar-refractivity contribution >= 4 is 25.2 Å². The molecule has 4 heteroatoms. The maximum absolute atomic E-state index is 10.5. The fraction of sp³-hybridized carbons (Fsp3) is 0.833. The van der Waals surface area contributed by atoms with E-state index in [1.54, 1.807) is 6.92 Å². The molecule has 0 saturated heterocycles. The lowest BCUT2D eigenvalue weighted by molar-refractivity contribution is -0.117. The Labute approximate surface area is 67.6 Å². The van der Waals surface area contributed by atoms with Crippen LogP contribution in [0.2, 0.25) is 19.6 Å². The van der Waals surface area contributed by atoms with Crippen molar-refractivity contribution in [3.63, 3.8) is 0 Å². The first-order chi connectivity index (χ1) is 4.33. The van der Waals surface area contributed by atoms with Crippen molar-refractivity contribution in [3.8, 4) is 0 Å². The Hall–Kier alpha value is 0.137. The molecule has 10 heavy (non-hydrogen) atoms. The number of carbonyl (C=O) groups is 1. The normalized spacial score (nSPS) is 14.9. The van der Waals surface area contributed by atoms with Gasteiger partial charge in [-0.1, -0.05) is 0 Å². The summed E-state index contributed by atoms with van der Waals surface area (Å²) in [7, 11) is -1.59. The highest BCUT2D eigenvalue weighted by molar-refractivity contribution is 6.71. The molecule has 2 nitrogen and oxygen atoms in total. The van der Waals surface area contributed by atoms with Gasteiger partial charge in [-0.25, -0.2) is 0 Å². The summed E-state index contributed by atoms with van der Waals surface area (Å²) in [5.74, 6) is 0. The number of halogens is 1. The third-order valence-corrected chi connectivity index (χ3v) is 2.22. The van der Waals surface area contributed by atoms with Crippen molar-refractivity contribution < 1.29 is 9.22 Å². The van der Waals surface area contributed by atoms with Crippen molar-refractivity contribution in [1.82, 2.24) is 0 Å². The lowest BCUT2D eigenvalue weighted by atomic mass is 10.5. The van der Waals surface area contributed by atoms with Gasteiger partial charge in [0, 0.05) is 0 Å². The zero-order valence-corrected chi connectivity index (χ0v) is 8.53. The van der Waals surface area contributed by atoms with Gasteiger partial charge in [0.05, 0.1) is 0 Å². The van der Waals surface area contributed by atoms with Crippen LogP contribution in [-0.2, 0) is 9.22 Å². The van der Waals surface area contributed by atoms with Crippen LogP contribution in [0, 0.1) is 0 Å². The second-order valence-electron chi connectivity index (χ2n) is 3.18. The van der Waals surface area contributed by atoms with Gasteiger partial charge in [-0.3, -0.25) is 4.79 Å². The van der Waals surface area contributed by atoms with Crippen LogP contribution in [-0.4, -0.2) is 19.7 Å². The Kier molecular flexibility index (Phi) is 3.55. The molecular weight excluding hydrogens is 168 g/mol. The minimum absolute atomic E-state index is 0.414.